The Kier molecular flexibility index (Phi) is 4.91. The Morgan fingerprint density at radius 1 is 1.26 bits per heavy atom. The topological polar surface area (TPSA) is 95.5 Å². The molecule has 0 saturated heterocycles. The van der Waals surface area contributed by atoms with E-state index in [-0.39, 0.29) is 12.5 Å². The van der Waals surface area contributed by atoms with E-state index in [2.05, 4.69) is 17.6 Å². The van der Waals surface area contributed by atoms with Gasteiger partial charge in [0.15, 0.2) is 0 Å². The highest BCUT2D eigenvalue weighted by Crippen LogP contribution is 2.24. The molecule has 2 unspecified atom stereocenters. The predicted octanol–water partition coefficient (Wildman–Crippen LogP) is 1.50. The van der Waals surface area contributed by atoms with Crippen LogP contribution in [0.1, 0.15) is 46.5 Å². The SMILES string of the molecule is CC1CCC(NC(=O)NC(=O)CC(C)(C)C(=O)O)C1. The minimum Gasteiger partial charge on any atom is -0.481 e. The predicted molar refractivity (Wildman–Crippen MR) is 69.5 cm³/mol. The number of rotatable bonds is 4. The lowest BCUT2D eigenvalue weighted by molar-refractivity contribution is -0.149. The van der Waals surface area contributed by atoms with Gasteiger partial charge in [-0.25, -0.2) is 4.79 Å². The number of carboxylic acids is 1. The number of urea groups is 1. The summed E-state index contributed by atoms with van der Waals surface area (Å²) in [6, 6.07) is -0.430. The fourth-order valence-corrected chi connectivity index (χ4v) is 2.21. The van der Waals surface area contributed by atoms with Crippen molar-refractivity contribution in [1.82, 2.24) is 10.6 Å². The highest BCUT2D eigenvalue weighted by atomic mass is 16.4. The van der Waals surface area contributed by atoms with E-state index in [1.54, 1.807) is 0 Å². The standard InChI is InChI=1S/C13H22N2O4/c1-8-4-5-9(6-8)14-12(19)15-10(16)7-13(2,3)11(17)18/h8-9H,4-7H2,1-3H3,(H,17,18)(H2,14,15,16,19). The van der Waals surface area contributed by atoms with Gasteiger partial charge in [0.05, 0.1) is 5.41 Å². The van der Waals surface area contributed by atoms with Crippen LogP contribution in [-0.4, -0.2) is 29.1 Å². The van der Waals surface area contributed by atoms with Crippen LogP contribution in [0, 0.1) is 11.3 Å². The number of aliphatic carboxylic acids is 1. The molecule has 0 aromatic heterocycles. The first-order valence-corrected chi connectivity index (χ1v) is 6.54. The van der Waals surface area contributed by atoms with Gasteiger partial charge in [0.2, 0.25) is 5.91 Å². The lowest BCUT2D eigenvalue weighted by atomic mass is 9.89. The number of carbonyl (C=O) groups is 3. The van der Waals surface area contributed by atoms with E-state index in [1.165, 1.54) is 13.8 Å². The average molecular weight is 270 g/mol. The van der Waals surface area contributed by atoms with Gasteiger partial charge in [-0.15, -0.1) is 0 Å². The lowest BCUT2D eigenvalue weighted by Crippen LogP contribution is -2.45. The quantitative estimate of drug-likeness (QED) is 0.721. The molecule has 1 aliphatic rings. The van der Waals surface area contributed by atoms with Crippen LogP contribution in [-0.2, 0) is 9.59 Å². The summed E-state index contributed by atoms with van der Waals surface area (Å²) >= 11 is 0. The molecule has 1 aliphatic carbocycles. The second-order valence-electron chi connectivity index (χ2n) is 6.00. The average Bonchev–Trinajstić information content (AvgIpc) is 2.61. The van der Waals surface area contributed by atoms with Gasteiger partial charge in [0.25, 0.3) is 0 Å². The number of hydrogen-bond donors (Lipinski definition) is 3. The number of carbonyl (C=O) groups excluding carboxylic acids is 2. The summed E-state index contributed by atoms with van der Waals surface area (Å²) in [6.45, 7) is 5.02. The lowest BCUT2D eigenvalue weighted by Gasteiger charge is -2.18. The van der Waals surface area contributed by atoms with Gasteiger partial charge in [-0.05, 0) is 39.0 Å². The first-order valence-electron chi connectivity index (χ1n) is 6.54. The van der Waals surface area contributed by atoms with Crippen LogP contribution in [0.2, 0.25) is 0 Å². The molecule has 0 aromatic rings. The third-order valence-corrected chi connectivity index (χ3v) is 3.46. The van der Waals surface area contributed by atoms with Gasteiger partial charge in [0, 0.05) is 12.5 Å². The van der Waals surface area contributed by atoms with Crippen LogP contribution >= 0.6 is 0 Å². The van der Waals surface area contributed by atoms with Crippen molar-refractivity contribution in [1.29, 1.82) is 0 Å². The summed E-state index contributed by atoms with van der Waals surface area (Å²) in [4.78, 5) is 34.0. The molecule has 19 heavy (non-hydrogen) atoms. The molecule has 1 fully saturated rings. The summed E-state index contributed by atoms with van der Waals surface area (Å²) in [5.74, 6) is -1.05. The van der Waals surface area contributed by atoms with E-state index in [0.717, 1.165) is 19.3 Å². The molecule has 0 heterocycles. The number of hydrogen-bond acceptors (Lipinski definition) is 3. The molecule has 0 spiro atoms. The second-order valence-corrected chi connectivity index (χ2v) is 6.00. The van der Waals surface area contributed by atoms with Crippen molar-refractivity contribution < 1.29 is 19.5 Å². The van der Waals surface area contributed by atoms with Crippen molar-refractivity contribution in [3.8, 4) is 0 Å². The molecule has 1 saturated carbocycles. The minimum absolute atomic E-state index is 0.107. The Morgan fingerprint density at radius 3 is 2.37 bits per heavy atom. The Labute approximate surface area is 112 Å². The summed E-state index contributed by atoms with van der Waals surface area (Å²) < 4.78 is 0. The number of amides is 3. The third kappa shape index (κ3) is 4.89. The van der Waals surface area contributed by atoms with Crippen LogP contribution in [0.15, 0.2) is 0 Å². The number of imide groups is 1. The number of carboxylic acid groups (broad SMARTS) is 1. The first-order chi connectivity index (χ1) is 8.70. The maximum Gasteiger partial charge on any atom is 0.321 e. The van der Waals surface area contributed by atoms with E-state index < -0.39 is 23.3 Å². The molecular weight excluding hydrogens is 248 g/mol. The minimum atomic E-state index is -1.17. The van der Waals surface area contributed by atoms with E-state index in [1.807, 2.05) is 0 Å². The van der Waals surface area contributed by atoms with Crippen molar-refractivity contribution in [3.63, 3.8) is 0 Å². The molecule has 108 valence electrons. The summed E-state index contributed by atoms with van der Waals surface area (Å²) in [7, 11) is 0. The Hall–Kier alpha value is -1.59. The molecule has 0 aromatic carbocycles. The zero-order chi connectivity index (χ0) is 14.6. The molecule has 0 aliphatic heterocycles. The van der Waals surface area contributed by atoms with Crippen LogP contribution in [0.5, 0.6) is 0 Å². The zero-order valence-corrected chi connectivity index (χ0v) is 11.7. The van der Waals surface area contributed by atoms with Crippen molar-refractivity contribution in [2.75, 3.05) is 0 Å². The van der Waals surface area contributed by atoms with E-state index >= 15 is 0 Å². The van der Waals surface area contributed by atoms with Gasteiger partial charge in [-0.3, -0.25) is 14.9 Å². The highest BCUT2D eigenvalue weighted by Gasteiger charge is 2.31. The molecule has 6 nitrogen and oxygen atoms in total. The highest BCUT2D eigenvalue weighted by molar-refractivity contribution is 5.96. The smallest absolute Gasteiger partial charge is 0.321 e. The van der Waals surface area contributed by atoms with Crippen LogP contribution in [0.3, 0.4) is 0 Å². The van der Waals surface area contributed by atoms with Gasteiger partial charge in [-0.2, -0.15) is 0 Å². The molecule has 2 atom stereocenters. The zero-order valence-electron chi connectivity index (χ0n) is 11.7. The van der Waals surface area contributed by atoms with Gasteiger partial charge in [0.1, 0.15) is 0 Å². The molecule has 6 heteroatoms. The van der Waals surface area contributed by atoms with E-state index in [9.17, 15) is 14.4 Å². The van der Waals surface area contributed by atoms with Crippen LogP contribution in [0.25, 0.3) is 0 Å². The third-order valence-electron chi connectivity index (χ3n) is 3.46. The summed E-state index contributed by atoms with van der Waals surface area (Å²) in [5.41, 5.74) is -1.17. The van der Waals surface area contributed by atoms with E-state index in [0.29, 0.717) is 5.92 Å². The maximum atomic E-state index is 11.6. The van der Waals surface area contributed by atoms with Crippen molar-refractivity contribution in [2.45, 2.75) is 52.5 Å². The van der Waals surface area contributed by atoms with Gasteiger partial charge in [-0.1, -0.05) is 6.92 Å². The largest absolute Gasteiger partial charge is 0.481 e. The summed E-state index contributed by atoms with van der Waals surface area (Å²) in [5, 5.41) is 13.8. The Balaban J connectivity index is 2.36. The van der Waals surface area contributed by atoms with Gasteiger partial charge < -0.3 is 10.4 Å². The second kappa shape index (κ2) is 6.04. The normalized spacial score (nSPS) is 22.9. The first kappa shape index (κ1) is 15.5. The molecular formula is C13H22N2O4. The van der Waals surface area contributed by atoms with Crippen molar-refractivity contribution >= 4 is 17.9 Å². The number of nitrogens with one attached hydrogen (secondary N) is 2. The monoisotopic (exact) mass is 270 g/mol. The maximum absolute atomic E-state index is 11.6. The van der Waals surface area contributed by atoms with E-state index in [4.69, 9.17) is 5.11 Å². The molecule has 1 rings (SSSR count). The summed E-state index contributed by atoms with van der Waals surface area (Å²) in [6.07, 6.45) is 2.69. The molecule has 0 bridgehead atoms. The van der Waals surface area contributed by atoms with Crippen LogP contribution in [0.4, 0.5) is 4.79 Å². The fraction of sp³-hybridized carbons (Fsp3) is 0.769. The molecule has 3 amide bonds. The van der Waals surface area contributed by atoms with Crippen LogP contribution < -0.4 is 10.6 Å². The Morgan fingerprint density at radius 2 is 1.89 bits per heavy atom. The molecule has 0 radical (unpaired) electrons. The van der Waals surface area contributed by atoms with Gasteiger partial charge >= 0.3 is 12.0 Å². The molecule has 3 N–H and O–H groups in total. The van der Waals surface area contributed by atoms with Crippen molar-refractivity contribution in [2.24, 2.45) is 11.3 Å². The Bertz CT molecular complexity index is 379. The van der Waals surface area contributed by atoms with Crippen molar-refractivity contribution in [3.05, 3.63) is 0 Å². The fourth-order valence-electron chi connectivity index (χ4n) is 2.21.